The highest BCUT2D eigenvalue weighted by molar-refractivity contribution is 7.11. The average molecular weight is 268 g/mol. The molecule has 2 rings (SSSR count). The van der Waals surface area contributed by atoms with Crippen molar-refractivity contribution in [3.63, 3.8) is 0 Å². The Morgan fingerprint density at radius 1 is 1.44 bits per heavy atom. The fraction of sp³-hybridized carbons (Fsp3) is 0.692. The second-order valence-corrected chi connectivity index (χ2v) is 6.51. The summed E-state index contributed by atoms with van der Waals surface area (Å²) >= 11 is 1.62. The van der Waals surface area contributed by atoms with Gasteiger partial charge in [0.15, 0.2) is 0 Å². The monoisotopic (exact) mass is 268 g/mol. The number of carbonyl (C=O) groups excluding carboxylic acids is 1. The van der Waals surface area contributed by atoms with Crippen LogP contribution in [0.2, 0.25) is 0 Å². The van der Waals surface area contributed by atoms with E-state index in [1.165, 1.54) is 0 Å². The van der Waals surface area contributed by atoms with Gasteiger partial charge in [0.1, 0.15) is 0 Å². The molecule has 0 atom stereocenters. The maximum Gasteiger partial charge on any atom is 0.226 e. The summed E-state index contributed by atoms with van der Waals surface area (Å²) in [5.41, 5.74) is 0.483. The van der Waals surface area contributed by atoms with Crippen LogP contribution in [0.1, 0.15) is 41.3 Å². The van der Waals surface area contributed by atoms with E-state index in [9.17, 15) is 9.90 Å². The highest BCUT2D eigenvalue weighted by Crippen LogP contribution is 2.29. The smallest absolute Gasteiger partial charge is 0.226 e. The van der Waals surface area contributed by atoms with Crippen molar-refractivity contribution < 1.29 is 9.90 Å². The molecule has 18 heavy (non-hydrogen) atoms. The molecule has 0 unspecified atom stereocenters. The number of carbonyl (C=O) groups is 1. The van der Waals surface area contributed by atoms with Crippen LogP contribution >= 0.6 is 11.3 Å². The summed E-state index contributed by atoms with van der Waals surface area (Å²) in [5.74, 6) is -0.0284. The molecule has 4 nitrogen and oxygen atoms in total. The average Bonchev–Trinajstić information content (AvgIpc) is 2.87. The number of amides is 1. The normalized spacial score (nSPS) is 17.9. The molecule has 100 valence electrons. The van der Waals surface area contributed by atoms with Gasteiger partial charge in [0.25, 0.3) is 0 Å². The molecule has 0 aliphatic heterocycles. The van der Waals surface area contributed by atoms with Crippen LogP contribution in [0.3, 0.4) is 0 Å². The van der Waals surface area contributed by atoms with Crippen LogP contribution in [0.25, 0.3) is 0 Å². The Labute approximate surface area is 111 Å². The van der Waals surface area contributed by atoms with Gasteiger partial charge < -0.3 is 10.4 Å². The lowest BCUT2D eigenvalue weighted by Crippen LogP contribution is -2.49. The Balaban J connectivity index is 1.98. The Morgan fingerprint density at radius 2 is 2.11 bits per heavy atom. The maximum atomic E-state index is 12.0. The molecule has 0 aromatic carbocycles. The first-order valence-corrected chi connectivity index (χ1v) is 7.21. The van der Waals surface area contributed by atoms with E-state index >= 15 is 0 Å². The number of nitrogens with zero attached hydrogens (tertiary/aromatic N) is 1. The zero-order chi connectivity index (χ0) is 13.2. The predicted octanol–water partition coefficient (Wildman–Crippen LogP) is 1.72. The van der Waals surface area contributed by atoms with Crippen LogP contribution in [0, 0.1) is 13.8 Å². The summed E-state index contributed by atoms with van der Waals surface area (Å²) < 4.78 is 0. The number of aliphatic hydroxyl groups is 1. The number of aromatic nitrogens is 1. The summed E-state index contributed by atoms with van der Waals surface area (Å²) in [4.78, 5) is 17.5. The van der Waals surface area contributed by atoms with Crippen molar-refractivity contribution in [3.05, 3.63) is 15.6 Å². The molecule has 1 fully saturated rings. The summed E-state index contributed by atoms with van der Waals surface area (Å²) in [6.07, 6.45) is 4.23. The van der Waals surface area contributed by atoms with E-state index in [1.54, 1.807) is 11.3 Å². The first-order valence-electron chi connectivity index (χ1n) is 6.39. The van der Waals surface area contributed by atoms with Crippen LogP contribution in [-0.2, 0) is 11.2 Å². The van der Waals surface area contributed by atoms with Gasteiger partial charge in [-0.1, -0.05) is 12.8 Å². The summed E-state index contributed by atoms with van der Waals surface area (Å²) in [6.45, 7) is 3.98. The van der Waals surface area contributed by atoms with Crippen molar-refractivity contribution >= 4 is 17.2 Å². The SMILES string of the molecule is Cc1nc(CC(=O)NC2(CO)CCCC2)c(C)s1. The van der Waals surface area contributed by atoms with Crippen LogP contribution < -0.4 is 5.32 Å². The third-order valence-corrected chi connectivity index (χ3v) is 4.52. The standard InChI is InChI=1S/C13H20N2O2S/c1-9-11(14-10(2)18-9)7-12(17)15-13(8-16)5-3-4-6-13/h16H,3-8H2,1-2H3,(H,15,17). The molecule has 1 aromatic heterocycles. The molecule has 0 bridgehead atoms. The van der Waals surface area contributed by atoms with E-state index in [0.717, 1.165) is 41.3 Å². The van der Waals surface area contributed by atoms with Gasteiger partial charge in [0.2, 0.25) is 5.91 Å². The first kappa shape index (κ1) is 13.5. The van der Waals surface area contributed by atoms with Gasteiger partial charge >= 0.3 is 0 Å². The van der Waals surface area contributed by atoms with Crippen molar-refractivity contribution in [2.45, 2.75) is 51.5 Å². The molecule has 1 saturated carbocycles. The number of thiazole rings is 1. The quantitative estimate of drug-likeness (QED) is 0.874. The van der Waals surface area contributed by atoms with Crippen molar-refractivity contribution in [1.29, 1.82) is 0 Å². The molecule has 2 N–H and O–H groups in total. The van der Waals surface area contributed by atoms with Crippen molar-refractivity contribution in [3.8, 4) is 0 Å². The number of hydrogen-bond donors (Lipinski definition) is 2. The molecular formula is C13H20N2O2S. The van der Waals surface area contributed by atoms with Gasteiger partial charge in [-0.3, -0.25) is 4.79 Å². The molecule has 0 radical (unpaired) electrons. The first-order chi connectivity index (χ1) is 8.54. The van der Waals surface area contributed by atoms with Crippen molar-refractivity contribution in [1.82, 2.24) is 10.3 Å². The molecular weight excluding hydrogens is 248 g/mol. The Morgan fingerprint density at radius 3 is 2.61 bits per heavy atom. The van der Waals surface area contributed by atoms with E-state index in [1.807, 2.05) is 13.8 Å². The molecule has 5 heteroatoms. The van der Waals surface area contributed by atoms with Gasteiger partial charge in [-0.15, -0.1) is 11.3 Å². The Bertz CT molecular complexity index is 436. The molecule has 0 saturated heterocycles. The third kappa shape index (κ3) is 2.90. The largest absolute Gasteiger partial charge is 0.394 e. The van der Waals surface area contributed by atoms with Gasteiger partial charge in [-0.2, -0.15) is 0 Å². The number of hydrogen-bond acceptors (Lipinski definition) is 4. The molecule has 1 heterocycles. The van der Waals surface area contributed by atoms with E-state index < -0.39 is 0 Å². The maximum absolute atomic E-state index is 12.0. The summed E-state index contributed by atoms with van der Waals surface area (Å²) in [7, 11) is 0. The minimum Gasteiger partial charge on any atom is -0.394 e. The van der Waals surface area contributed by atoms with Gasteiger partial charge in [-0.05, 0) is 26.7 Å². The van der Waals surface area contributed by atoms with Crippen LogP contribution in [0.5, 0.6) is 0 Å². The lowest BCUT2D eigenvalue weighted by atomic mass is 9.98. The zero-order valence-electron chi connectivity index (χ0n) is 11.0. The van der Waals surface area contributed by atoms with E-state index in [0.29, 0.717) is 6.42 Å². The van der Waals surface area contributed by atoms with Crippen LogP contribution in [0.15, 0.2) is 0 Å². The van der Waals surface area contributed by atoms with Gasteiger partial charge in [-0.25, -0.2) is 4.98 Å². The van der Waals surface area contributed by atoms with Crippen molar-refractivity contribution in [2.75, 3.05) is 6.61 Å². The second-order valence-electron chi connectivity index (χ2n) is 5.11. The Kier molecular flexibility index (Phi) is 4.02. The minimum atomic E-state index is -0.379. The molecule has 1 aliphatic carbocycles. The van der Waals surface area contributed by atoms with Crippen molar-refractivity contribution in [2.24, 2.45) is 0 Å². The predicted molar refractivity (Wildman–Crippen MR) is 71.7 cm³/mol. The van der Waals surface area contributed by atoms with E-state index in [-0.39, 0.29) is 18.1 Å². The summed E-state index contributed by atoms with van der Waals surface area (Å²) in [6, 6.07) is 0. The third-order valence-electron chi connectivity index (χ3n) is 3.60. The molecule has 1 amide bonds. The number of aliphatic hydroxyl groups excluding tert-OH is 1. The van der Waals surface area contributed by atoms with Crippen LogP contribution in [-0.4, -0.2) is 28.1 Å². The number of rotatable bonds is 4. The highest BCUT2D eigenvalue weighted by Gasteiger charge is 2.34. The van der Waals surface area contributed by atoms with E-state index in [4.69, 9.17) is 0 Å². The highest BCUT2D eigenvalue weighted by atomic mass is 32.1. The molecule has 1 aromatic rings. The van der Waals surface area contributed by atoms with Gasteiger partial charge in [0, 0.05) is 4.88 Å². The lowest BCUT2D eigenvalue weighted by molar-refractivity contribution is -0.123. The lowest BCUT2D eigenvalue weighted by Gasteiger charge is -2.27. The number of aryl methyl sites for hydroxylation is 2. The molecule has 0 spiro atoms. The molecule has 1 aliphatic rings. The summed E-state index contributed by atoms with van der Waals surface area (Å²) in [5, 5.41) is 13.5. The Hall–Kier alpha value is -0.940. The van der Waals surface area contributed by atoms with Crippen LogP contribution in [0.4, 0.5) is 0 Å². The zero-order valence-corrected chi connectivity index (χ0v) is 11.8. The minimum absolute atomic E-state index is 0.0284. The second kappa shape index (κ2) is 5.36. The van der Waals surface area contributed by atoms with E-state index in [2.05, 4.69) is 10.3 Å². The fourth-order valence-corrected chi connectivity index (χ4v) is 3.44. The van der Waals surface area contributed by atoms with Gasteiger partial charge in [0.05, 0.1) is 29.3 Å². The fourth-order valence-electron chi connectivity index (χ4n) is 2.60. The topological polar surface area (TPSA) is 62.2 Å². The number of nitrogens with one attached hydrogen (secondary N) is 1.